The number of carbonyl (C=O) groups is 2. The molecule has 4 atom stereocenters. The molecule has 0 aromatic carbocycles. The normalized spacial score (nSPS) is 25.9. The van der Waals surface area contributed by atoms with E-state index in [-0.39, 0.29) is 36.7 Å². The average molecular weight is 519 g/mol. The SMILES string of the molecule is CC(N)C(C(=O)Nc1cnccc1C1CCN(C(=O)C2CCN(C)CC2)CC1)C1NCC(F)CN1N=O. The molecule has 3 fully saturated rings. The van der Waals surface area contributed by atoms with E-state index in [2.05, 4.69) is 32.9 Å². The van der Waals surface area contributed by atoms with E-state index in [1.54, 1.807) is 19.3 Å². The maximum atomic E-state index is 13.8. The van der Waals surface area contributed by atoms with Gasteiger partial charge in [-0.25, -0.2) is 9.40 Å². The molecule has 0 spiro atoms. The predicted molar refractivity (Wildman–Crippen MR) is 138 cm³/mol. The number of nitrogens with zero attached hydrogens (tertiary/aromatic N) is 5. The lowest BCUT2D eigenvalue weighted by molar-refractivity contribution is -0.138. The lowest BCUT2D eigenvalue weighted by Gasteiger charge is -2.39. The van der Waals surface area contributed by atoms with Crippen LogP contribution in [0.4, 0.5) is 10.1 Å². The first-order valence-corrected chi connectivity index (χ1v) is 13.2. The van der Waals surface area contributed by atoms with Gasteiger partial charge in [-0.05, 0) is 70.3 Å². The van der Waals surface area contributed by atoms with Crippen LogP contribution in [0.15, 0.2) is 23.7 Å². The Morgan fingerprint density at radius 1 is 1.22 bits per heavy atom. The largest absolute Gasteiger partial charge is 0.342 e. The predicted octanol–water partition coefficient (Wildman–Crippen LogP) is 1.28. The number of hydrogen-bond acceptors (Lipinski definition) is 8. The number of rotatable bonds is 7. The van der Waals surface area contributed by atoms with Crippen molar-refractivity contribution in [2.24, 2.45) is 22.9 Å². The number of pyridine rings is 1. The van der Waals surface area contributed by atoms with Crippen molar-refractivity contribution >= 4 is 17.5 Å². The third-order valence-electron chi connectivity index (χ3n) is 8.00. The Hall–Kier alpha value is -2.70. The van der Waals surface area contributed by atoms with Crippen molar-refractivity contribution in [3.63, 3.8) is 0 Å². The second-order valence-corrected chi connectivity index (χ2v) is 10.7. The van der Waals surface area contributed by atoms with Gasteiger partial charge >= 0.3 is 0 Å². The summed E-state index contributed by atoms with van der Waals surface area (Å²) in [7, 11) is 2.09. The molecule has 3 saturated heterocycles. The fourth-order valence-electron chi connectivity index (χ4n) is 5.81. The van der Waals surface area contributed by atoms with Crippen molar-refractivity contribution < 1.29 is 14.0 Å². The molecule has 1 aromatic rings. The summed E-state index contributed by atoms with van der Waals surface area (Å²) in [6.45, 7) is 4.79. The van der Waals surface area contributed by atoms with Crippen LogP contribution in [0.5, 0.6) is 0 Å². The van der Waals surface area contributed by atoms with Gasteiger partial charge in [-0.15, -0.1) is 4.91 Å². The van der Waals surface area contributed by atoms with Gasteiger partial charge in [0.15, 0.2) is 0 Å². The monoisotopic (exact) mass is 518 g/mol. The van der Waals surface area contributed by atoms with Gasteiger partial charge in [0.25, 0.3) is 0 Å². The van der Waals surface area contributed by atoms with Gasteiger partial charge in [-0.2, -0.15) is 0 Å². The summed E-state index contributed by atoms with van der Waals surface area (Å²) >= 11 is 0. The Morgan fingerprint density at radius 2 is 1.92 bits per heavy atom. The maximum absolute atomic E-state index is 13.8. The molecule has 1 aromatic heterocycles. The highest BCUT2D eigenvalue weighted by atomic mass is 19.1. The van der Waals surface area contributed by atoms with Crippen molar-refractivity contribution in [1.29, 1.82) is 0 Å². The Morgan fingerprint density at radius 3 is 2.57 bits per heavy atom. The van der Waals surface area contributed by atoms with Crippen molar-refractivity contribution in [3.05, 3.63) is 28.9 Å². The first kappa shape index (κ1) is 27.3. The van der Waals surface area contributed by atoms with Crippen molar-refractivity contribution in [3.8, 4) is 0 Å². The number of carbonyl (C=O) groups excluding carboxylic acids is 2. The number of likely N-dealkylation sites (tertiary alicyclic amines) is 2. The molecule has 3 aliphatic heterocycles. The smallest absolute Gasteiger partial charge is 0.232 e. The van der Waals surface area contributed by atoms with E-state index in [1.807, 2.05) is 11.0 Å². The van der Waals surface area contributed by atoms with E-state index < -0.39 is 24.3 Å². The van der Waals surface area contributed by atoms with Gasteiger partial charge in [0.1, 0.15) is 12.3 Å². The molecule has 12 heteroatoms. The number of nitroso groups, excluding NO2 is 1. The summed E-state index contributed by atoms with van der Waals surface area (Å²) in [6, 6.07) is 1.29. The minimum Gasteiger partial charge on any atom is -0.342 e. The zero-order valence-corrected chi connectivity index (χ0v) is 21.7. The van der Waals surface area contributed by atoms with Crippen LogP contribution in [0.3, 0.4) is 0 Å². The third-order valence-corrected chi connectivity index (χ3v) is 8.00. The second kappa shape index (κ2) is 12.2. The molecule has 0 radical (unpaired) electrons. The molecule has 0 aliphatic carbocycles. The van der Waals surface area contributed by atoms with E-state index in [0.717, 1.165) is 49.3 Å². The molecule has 4 heterocycles. The number of amides is 2. The van der Waals surface area contributed by atoms with Crippen LogP contribution in [0.25, 0.3) is 0 Å². The molecule has 4 N–H and O–H groups in total. The highest BCUT2D eigenvalue weighted by Gasteiger charge is 2.40. The first-order chi connectivity index (χ1) is 17.8. The van der Waals surface area contributed by atoms with E-state index >= 15 is 0 Å². The number of piperidine rings is 2. The van der Waals surface area contributed by atoms with Crippen LogP contribution in [0.1, 0.15) is 44.1 Å². The highest BCUT2D eigenvalue weighted by molar-refractivity contribution is 5.94. The quantitative estimate of drug-likeness (QED) is 0.460. The Bertz CT molecular complexity index is 950. The van der Waals surface area contributed by atoms with E-state index in [0.29, 0.717) is 18.8 Å². The number of hydrogen-bond donors (Lipinski definition) is 3. The molecule has 2 amide bonds. The van der Waals surface area contributed by atoms with E-state index in [9.17, 15) is 18.9 Å². The molecule has 4 rings (SSSR count). The lowest BCUT2D eigenvalue weighted by atomic mass is 9.87. The molecule has 37 heavy (non-hydrogen) atoms. The van der Waals surface area contributed by atoms with Crippen molar-refractivity contribution in [2.75, 3.05) is 51.6 Å². The van der Waals surface area contributed by atoms with Gasteiger partial charge < -0.3 is 20.9 Å². The van der Waals surface area contributed by atoms with Gasteiger partial charge in [0.05, 0.1) is 29.6 Å². The molecule has 3 aliphatic rings. The minimum absolute atomic E-state index is 0.0141. The van der Waals surface area contributed by atoms with Gasteiger partial charge in [0.2, 0.25) is 11.8 Å². The van der Waals surface area contributed by atoms with Gasteiger partial charge in [-0.1, -0.05) is 0 Å². The Balaban J connectivity index is 1.41. The fourth-order valence-corrected chi connectivity index (χ4v) is 5.81. The first-order valence-electron chi connectivity index (χ1n) is 13.2. The molecule has 4 unspecified atom stereocenters. The van der Waals surface area contributed by atoms with Gasteiger partial charge in [-0.3, -0.25) is 19.9 Å². The molecular formula is C25H39FN8O3. The van der Waals surface area contributed by atoms with Gasteiger partial charge in [0, 0.05) is 37.8 Å². The molecule has 0 saturated carbocycles. The average Bonchev–Trinajstić information content (AvgIpc) is 2.90. The summed E-state index contributed by atoms with van der Waals surface area (Å²) in [5, 5.41) is 9.80. The molecule has 0 bridgehead atoms. The Kier molecular flexibility index (Phi) is 9.04. The van der Waals surface area contributed by atoms with Crippen LogP contribution >= 0.6 is 0 Å². The number of anilines is 1. The van der Waals surface area contributed by atoms with Crippen molar-refractivity contribution in [1.82, 2.24) is 25.1 Å². The number of nitrogens with one attached hydrogen (secondary N) is 2. The maximum Gasteiger partial charge on any atom is 0.232 e. The topological polar surface area (TPSA) is 136 Å². The number of nitrogens with two attached hydrogens (primary N) is 1. The number of halogens is 1. The van der Waals surface area contributed by atoms with Crippen LogP contribution < -0.4 is 16.4 Å². The minimum atomic E-state index is -1.26. The van der Waals surface area contributed by atoms with Crippen LogP contribution in [0, 0.1) is 16.7 Å². The number of aromatic nitrogens is 1. The number of alkyl halides is 1. The Labute approximate surface area is 217 Å². The standard InChI is InChI=1S/C25H39FN8O3/c1-16(27)22(23-29-13-19(26)15-34(23)31-37)24(35)30-21-14-28-8-3-20(21)17-6-11-33(12-7-17)25(36)18-4-9-32(2)10-5-18/h3,8,14,16-19,22-23,29H,4-7,9-13,15,27H2,1-2H3,(H,30,35). The lowest BCUT2D eigenvalue weighted by Crippen LogP contribution is -2.62. The molecule has 204 valence electrons. The summed E-state index contributed by atoms with van der Waals surface area (Å²) in [6.07, 6.45) is 4.67. The zero-order valence-electron chi connectivity index (χ0n) is 21.7. The fraction of sp³-hybridized carbons (Fsp3) is 0.720. The second-order valence-electron chi connectivity index (χ2n) is 10.7. The van der Waals surface area contributed by atoms with E-state index in [4.69, 9.17) is 5.73 Å². The van der Waals surface area contributed by atoms with Crippen LogP contribution in [-0.4, -0.2) is 96.3 Å². The van der Waals surface area contributed by atoms with Crippen LogP contribution in [-0.2, 0) is 9.59 Å². The highest BCUT2D eigenvalue weighted by Crippen LogP contribution is 2.34. The summed E-state index contributed by atoms with van der Waals surface area (Å²) < 4.78 is 13.8. The molecular weight excluding hydrogens is 479 g/mol. The summed E-state index contributed by atoms with van der Waals surface area (Å²) in [5.41, 5.74) is 7.69. The van der Waals surface area contributed by atoms with Crippen molar-refractivity contribution in [2.45, 2.75) is 56.9 Å². The van der Waals surface area contributed by atoms with E-state index in [1.165, 1.54) is 0 Å². The molecule has 11 nitrogen and oxygen atoms in total. The zero-order chi connectivity index (χ0) is 26.5. The summed E-state index contributed by atoms with van der Waals surface area (Å²) in [4.78, 5) is 46.2. The third kappa shape index (κ3) is 6.42. The van der Waals surface area contributed by atoms with Crippen LogP contribution in [0.2, 0.25) is 0 Å². The summed E-state index contributed by atoms with van der Waals surface area (Å²) in [5.74, 6) is -0.685.